The monoisotopic (exact) mass is 215 g/mol. The van der Waals surface area contributed by atoms with Gasteiger partial charge in [-0.3, -0.25) is 4.79 Å². The van der Waals surface area contributed by atoms with Crippen molar-refractivity contribution in [2.24, 2.45) is 0 Å². The van der Waals surface area contributed by atoms with E-state index in [2.05, 4.69) is 5.32 Å². The molecule has 2 N–H and O–H groups in total. The minimum atomic E-state index is -0.880. The first-order valence-electron chi connectivity index (χ1n) is 5.04. The number of carboxylic acids is 1. The van der Waals surface area contributed by atoms with Crippen molar-refractivity contribution in [2.75, 3.05) is 39.8 Å². The topological polar surface area (TPSA) is 72.9 Å². The van der Waals surface area contributed by atoms with Crippen molar-refractivity contribution in [3.05, 3.63) is 0 Å². The highest BCUT2D eigenvalue weighted by Gasteiger charge is 2.19. The molecule has 2 amide bonds. The number of hydrogen-bond acceptors (Lipinski definition) is 3. The molecule has 1 fully saturated rings. The molecule has 0 unspecified atom stereocenters. The van der Waals surface area contributed by atoms with Crippen molar-refractivity contribution in [1.29, 1.82) is 0 Å². The average Bonchev–Trinajstić information content (AvgIpc) is 2.26. The van der Waals surface area contributed by atoms with E-state index in [0.29, 0.717) is 13.1 Å². The lowest BCUT2D eigenvalue weighted by Crippen LogP contribution is -2.50. The summed E-state index contributed by atoms with van der Waals surface area (Å²) in [6.07, 6.45) is -0.00563. The number of piperazine rings is 1. The van der Waals surface area contributed by atoms with Crippen LogP contribution in [0.15, 0.2) is 0 Å². The van der Waals surface area contributed by atoms with Gasteiger partial charge in [-0.05, 0) is 0 Å². The maximum Gasteiger partial charge on any atom is 0.319 e. The van der Waals surface area contributed by atoms with Crippen LogP contribution < -0.4 is 5.32 Å². The van der Waals surface area contributed by atoms with Crippen LogP contribution >= 0.6 is 0 Å². The first kappa shape index (κ1) is 11.8. The van der Waals surface area contributed by atoms with E-state index in [1.807, 2.05) is 0 Å². The molecule has 0 saturated carbocycles. The number of carbonyl (C=O) groups excluding carboxylic acids is 1. The molecular weight excluding hydrogens is 198 g/mol. The van der Waals surface area contributed by atoms with Crippen molar-refractivity contribution in [3.63, 3.8) is 0 Å². The molecule has 0 aliphatic carbocycles. The van der Waals surface area contributed by atoms with Crippen LogP contribution in [0.25, 0.3) is 0 Å². The first-order valence-corrected chi connectivity index (χ1v) is 5.04. The van der Waals surface area contributed by atoms with Gasteiger partial charge in [0.1, 0.15) is 0 Å². The van der Waals surface area contributed by atoms with Crippen LogP contribution in [0.4, 0.5) is 4.79 Å². The predicted octanol–water partition coefficient (Wildman–Crippen LogP) is -0.582. The maximum atomic E-state index is 11.7. The Morgan fingerprint density at radius 3 is 2.53 bits per heavy atom. The van der Waals surface area contributed by atoms with Crippen molar-refractivity contribution < 1.29 is 14.7 Å². The van der Waals surface area contributed by atoms with Gasteiger partial charge in [-0.1, -0.05) is 0 Å². The first-order chi connectivity index (χ1) is 7.11. The van der Waals surface area contributed by atoms with Crippen molar-refractivity contribution in [1.82, 2.24) is 15.1 Å². The number of aliphatic carboxylic acids is 1. The zero-order valence-corrected chi connectivity index (χ0v) is 8.90. The van der Waals surface area contributed by atoms with Gasteiger partial charge in [-0.15, -0.1) is 0 Å². The molecule has 86 valence electrons. The van der Waals surface area contributed by atoms with Crippen molar-refractivity contribution in [3.8, 4) is 0 Å². The van der Waals surface area contributed by atoms with Gasteiger partial charge in [0.15, 0.2) is 0 Å². The molecule has 6 nitrogen and oxygen atoms in total. The van der Waals surface area contributed by atoms with Gasteiger partial charge in [0.2, 0.25) is 0 Å². The minimum Gasteiger partial charge on any atom is -0.481 e. The van der Waals surface area contributed by atoms with E-state index in [-0.39, 0.29) is 19.0 Å². The van der Waals surface area contributed by atoms with E-state index < -0.39 is 5.97 Å². The number of carbonyl (C=O) groups is 2. The lowest BCUT2D eigenvalue weighted by Gasteiger charge is -2.31. The summed E-state index contributed by atoms with van der Waals surface area (Å²) < 4.78 is 0. The molecule has 0 spiro atoms. The minimum absolute atomic E-state index is 0.00563. The molecular formula is C9H17N3O3. The highest BCUT2D eigenvalue weighted by molar-refractivity contribution is 5.75. The summed E-state index contributed by atoms with van der Waals surface area (Å²) in [6, 6.07) is -0.0854. The Balaban J connectivity index is 2.33. The lowest BCUT2D eigenvalue weighted by atomic mass is 10.3. The zero-order valence-electron chi connectivity index (χ0n) is 8.90. The Hall–Kier alpha value is -1.30. The van der Waals surface area contributed by atoms with Gasteiger partial charge in [0, 0.05) is 39.8 Å². The highest BCUT2D eigenvalue weighted by Crippen LogP contribution is 1.99. The molecule has 0 bridgehead atoms. The molecule has 1 aliphatic rings. The van der Waals surface area contributed by atoms with Crippen LogP contribution in [0.3, 0.4) is 0 Å². The summed E-state index contributed by atoms with van der Waals surface area (Å²) >= 11 is 0. The number of amides is 2. The Morgan fingerprint density at radius 2 is 2.00 bits per heavy atom. The molecule has 0 radical (unpaired) electrons. The van der Waals surface area contributed by atoms with Gasteiger partial charge in [0.05, 0.1) is 6.42 Å². The number of rotatable bonds is 3. The van der Waals surface area contributed by atoms with Crippen molar-refractivity contribution >= 4 is 12.0 Å². The fourth-order valence-corrected chi connectivity index (χ4v) is 1.46. The van der Waals surface area contributed by atoms with E-state index in [0.717, 1.165) is 13.1 Å². The van der Waals surface area contributed by atoms with E-state index >= 15 is 0 Å². The van der Waals surface area contributed by atoms with E-state index in [1.54, 1.807) is 11.9 Å². The largest absolute Gasteiger partial charge is 0.481 e. The smallest absolute Gasteiger partial charge is 0.319 e. The fourth-order valence-electron chi connectivity index (χ4n) is 1.46. The molecule has 0 aromatic carbocycles. The van der Waals surface area contributed by atoms with E-state index in [9.17, 15) is 9.59 Å². The van der Waals surface area contributed by atoms with Crippen LogP contribution in [0.5, 0.6) is 0 Å². The second-order valence-corrected chi connectivity index (χ2v) is 3.58. The van der Waals surface area contributed by atoms with Gasteiger partial charge in [-0.2, -0.15) is 0 Å². The van der Waals surface area contributed by atoms with Crippen LogP contribution in [-0.2, 0) is 4.79 Å². The van der Waals surface area contributed by atoms with Gasteiger partial charge >= 0.3 is 12.0 Å². The lowest BCUT2D eigenvalue weighted by molar-refractivity contribution is -0.137. The molecule has 0 aromatic rings. The third-order valence-electron chi connectivity index (χ3n) is 2.38. The molecule has 1 saturated heterocycles. The number of nitrogens with zero attached hydrogens (tertiary/aromatic N) is 2. The standard InChI is InChI=1S/C9H17N3O3/c1-11(5-2-8(13)14)9(15)12-6-3-10-4-7-12/h10H,2-7H2,1H3,(H,13,14). The molecule has 1 heterocycles. The number of nitrogens with one attached hydrogen (secondary N) is 1. The second-order valence-electron chi connectivity index (χ2n) is 3.58. The van der Waals surface area contributed by atoms with E-state index in [1.165, 1.54) is 4.90 Å². The summed E-state index contributed by atoms with van der Waals surface area (Å²) in [5.41, 5.74) is 0. The van der Waals surface area contributed by atoms with Crippen LogP contribution in [0, 0.1) is 0 Å². The van der Waals surface area contributed by atoms with Crippen LogP contribution in [0.2, 0.25) is 0 Å². The Kier molecular flexibility index (Phi) is 4.36. The van der Waals surface area contributed by atoms with Gasteiger partial charge < -0.3 is 20.2 Å². The Bertz CT molecular complexity index is 239. The number of carboxylic acid groups (broad SMARTS) is 1. The van der Waals surface area contributed by atoms with Gasteiger partial charge in [-0.25, -0.2) is 4.79 Å². The summed E-state index contributed by atoms with van der Waals surface area (Å²) in [7, 11) is 1.63. The molecule has 1 aliphatic heterocycles. The summed E-state index contributed by atoms with van der Waals surface area (Å²) in [4.78, 5) is 25.3. The third-order valence-corrected chi connectivity index (χ3v) is 2.38. The normalized spacial score (nSPS) is 16.2. The van der Waals surface area contributed by atoms with Crippen molar-refractivity contribution in [2.45, 2.75) is 6.42 Å². The molecule has 6 heteroatoms. The quantitative estimate of drug-likeness (QED) is 0.660. The molecule has 0 atom stereocenters. The maximum absolute atomic E-state index is 11.7. The number of hydrogen-bond donors (Lipinski definition) is 2. The second kappa shape index (κ2) is 5.55. The van der Waals surface area contributed by atoms with Gasteiger partial charge in [0.25, 0.3) is 0 Å². The summed E-state index contributed by atoms with van der Waals surface area (Å²) in [5, 5.41) is 11.6. The predicted molar refractivity (Wildman–Crippen MR) is 54.7 cm³/mol. The number of urea groups is 1. The molecule has 1 rings (SSSR count). The zero-order chi connectivity index (χ0) is 11.3. The average molecular weight is 215 g/mol. The molecule has 15 heavy (non-hydrogen) atoms. The summed E-state index contributed by atoms with van der Waals surface area (Å²) in [5.74, 6) is -0.880. The Labute approximate surface area is 88.8 Å². The van der Waals surface area contributed by atoms with E-state index in [4.69, 9.17) is 5.11 Å². The van der Waals surface area contributed by atoms with Crippen LogP contribution in [0.1, 0.15) is 6.42 Å². The van der Waals surface area contributed by atoms with Crippen LogP contribution in [-0.4, -0.2) is 66.7 Å². The Morgan fingerprint density at radius 1 is 1.40 bits per heavy atom. The summed E-state index contributed by atoms with van der Waals surface area (Å²) in [6.45, 7) is 3.25. The SMILES string of the molecule is CN(CCC(=O)O)C(=O)N1CCNCC1. The third kappa shape index (κ3) is 3.75. The highest BCUT2D eigenvalue weighted by atomic mass is 16.4. The molecule has 0 aromatic heterocycles. The fraction of sp³-hybridized carbons (Fsp3) is 0.778.